The van der Waals surface area contributed by atoms with Crippen molar-refractivity contribution < 1.29 is 13.9 Å². The summed E-state index contributed by atoms with van der Waals surface area (Å²) in [7, 11) is 0. The monoisotopic (exact) mass is 431 g/mol. The van der Waals surface area contributed by atoms with Crippen molar-refractivity contribution in [3.8, 4) is 0 Å². The van der Waals surface area contributed by atoms with Crippen LogP contribution in [0.5, 0.6) is 0 Å². The van der Waals surface area contributed by atoms with E-state index in [1.165, 1.54) is 49.9 Å². The second-order valence-corrected chi connectivity index (χ2v) is 9.52. The van der Waals surface area contributed by atoms with Gasteiger partial charge < -0.3 is 9.67 Å². The molecule has 1 N–H and O–H groups in total. The molecular weight excluding hydrogens is 404 g/mol. The van der Waals surface area contributed by atoms with Crippen LogP contribution in [-0.2, 0) is 6.54 Å². The second-order valence-electron chi connectivity index (χ2n) is 8.48. The van der Waals surface area contributed by atoms with Crippen LogP contribution < -0.4 is 0 Å². The summed E-state index contributed by atoms with van der Waals surface area (Å²) < 4.78 is 31.9. The SMILES string of the molecule is OC(CN1CCN(C2CCCC2)CS1)Cn1c2ccc(F)cc2c2cc(F)ccc21. The summed E-state index contributed by atoms with van der Waals surface area (Å²) in [5, 5.41) is 12.2. The number of aromatic nitrogens is 1. The van der Waals surface area contributed by atoms with E-state index in [2.05, 4.69) is 9.21 Å². The molecule has 1 aliphatic heterocycles. The van der Waals surface area contributed by atoms with Crippen molar-refractivity contribution in [2.75, 3.05) is 25.5 Å². The standard InChI is InChI=1S/C23H27F2N3OS/c24-16-5-7-22-20(11-16)21-12-17(25)6-8-23(21)28(22)14-19(29)13-27-10-9-26(15-30-27)18-3-1-2-4-18/h5-8,11-12,18-19,29H,1-4,9-10,13-15H2. The van der Waals surface area contributed by atoms with Crippen LogP contribution in [0.3, 0.4) is 0 Å². The predicted octanol–water partition coefficient (Wildman–Crippen LogP) is 4.60. The van der Waals surface area contributed by atoms with Gasteiger partial charge in [0, 0.05) is 47.5 Å². The minimum Gasteiger partial charge on any atom is -0.390 e. The van der Waals surface area contributed by atoms with Crippen LogP contribution in [0.25, 0.3) is 21.8 Å². The molecule has 2 fully saturated rings. The molecule has 30 heavy (non-hydrogen) atoms. The third-order valence-electron chi connectivity index (χ3n) is 6.48. The average molecular weight is 432 g/mol. The van der Waals surface area contributed by atoms with E-state index in [4.69, 9.17) is 0 Å². The van der Waals surface area contributed by atoms with Crippen molar-refractivity contribution in [1.29, 1.82) is 0 Å². The zero-order chi connectivity index (χ0) is 20.7. The summed E-state index contributed by atoms with van der Waals surface area (Å²) in [5.74, 6) is 0.302. The Hall–Kier alpha value is -1.67. The van der Waals surface area contributed by atoms with Gasteiger partial charge in [0.1, 0.15) is 11.6 Å². The van der Waals surface area contributed by atoms with Crippen molar-refractivity contribution in [1.82, 2.24) is 13.8 Å². The first-order valence-electron chi connectivity index (χ1n) is 10.8. The van der Waals surface area contributed by atoms with Gasteiger partial charge in [-0.2, -0.15) is 0 Å². The highest BCUT2D eigenvalue weighted by Crippen LogP contribution is 2.31. The molecular formula is C23H27F2N3OS. The van der Waals surface area contributed by atoms with Crippen molar-refractivity contribution in [3.05, 3.63) is 48.0 Å². The maximum Gasteiger partial charge on any atom is 0.123 e. The topological polar surface area (TPSA) is 31.6 Å². The fourth-order valence-electron chi connectivity index (χ4n) is 4.98. The van der Waals surface area contributed by atoms with E-state index in [9.17, 15) is 13.9 Å². The van der Waals surface area contributed by atoms with Gasteiger partial charge in [0.25, 0.3) is 0 Å². The molecule has 1 unspecified atom stereocenters. The summed E-state index contributed by atoms with van der Waals surface area (Å²) in [4.78, 5) is 2.58. The Bertz CT molecular complexity index is 983. The number of hydrogen-bond donors (Lipinski definition) is 1. The van der Waals surface area contributed by atoms with Gasteiger partial charge in [-0.15, -0.1) is 0 Å². The summed E-state index contributed by atoms with van der Waals surface area (Å²) in [5.41, 5.74) is 1.63. The van der Waals surface area contributed by atoms with E-state index in [0.29, 0.717) is 23.9 Å². The fourth-order valence-corrected chi connectivity index (χ4v) is 6.11. The summed E-state index contributed by atoms with van der Waals surface area (Å²) in [6.45, 7) is 2.97. The molecule has 1 atom stereocenters. The van der Waals surface area contributed by atoms with E-state index in [-0.39, 0.29) is 11.6 Å². The molecule has 4 nitrogen and oxygen atoms in total. The molecule has 0 bridgehead atoms. The molecule has 1 saturated carbocycles. The van der Waals surface area contributed by atoms with Crippen LogP contribution in [0.15, 0.2) is 36.4 Å². The van der Waals surface area contributed by atoms with E-state index < -0.39 is 6.10 Å². The van der Waals surface area contributed by atoms with Gasteiger partial charge in [0.2, 0.25) is 0 Å². The Kier molecular flexibility index (Phi) is 5.71. The molecule has 0 radical (unpaired) electrons. The first-order valence-corrected chi connectivity index (χ1v) is 11.7. The Morgan fingerprint density at radius 2 is 1.57 bits per heavy atom. The molecule has 2 aromatic carbocycles. The van der Waals surface area contributed by atoms with Crippen molar-refractivity contribution in [3.63, 3.8) is 0 Å². The molecule has 1 aromatic heterocycles. The quantitative estimate of drug-likeness (QED) is 0.599. The van der Waals surface area contributed by atoms with Crippen LogP contribution >= 0.6 is 11.9 Å². The molecule has 7 heteroatoms. The van der Waals surface area contributed by atoms with Gasteiger partial charge in [-0.1, -0.05) is 24.8 Å². The average Bonchev–Trinajstić information content (AvgIpc) is 3.36. The van der Waals surface area contributed by atoms with E-state index in [1.807, 2.05) is 4.57 Å². The van der Waals surface area contributed by atoms with Crippen molar-refractivity contribution in [2.45, 2.75) is 44.4 Å². The summed E-state index contributed by atoms with van der Waals surface area (Å²) in [6, 6.07) is 9.88. The lowest BCUT2D eigenvalue weighted by Gasteiger charge is -2.37. The Morgan fingerprint density at radius 3 is 2.13 bits per heavy atom. The Balaban J connectivity index is 1.30. The Morgan fingerprint density at radius 1 is 0.933 bits per heavy atom. The maximum atomic E-state index is 13.8. The molecule has 5 rings (SSSR count). The molecule has 2 aliphatic rings. The number of benzene rings is 2. The number of nitrogens with zero attached hydrogens (tertiary/aromatic N) is 3. The lowest BCUT2D eigenvalue weighted by atomic mass is 10.1. The zero-order valence-corrected chi connectivity index (χ0v) is 17.8. The maximum absolute atomic E-state index is 13.8. The zero-order valence-electron chi connectivity index (χ0n) is 16.9. The van der Waals surface area contributed by atoms with Crippen LogP contribution in [0, 0.1) is 11.6 Å². The van der Waals surface area contributed by atoms with E-state index >= 15 is 0 Å². The van der Waals surface area contributed by atoms with Crippen LogP contribution in [0.2, 0.25) is 0 Å². The third-order valence-corrected chi connectivity index (χ3v) is 7.62. The fraction of sp³-hybridized carbons (Fsp3) is 0.478. The number of rotatable bonds is 5. The first-order chi connectivity index (χ1) is 14.6. The smallest absolute Gasteiger partial charge is 0.123 e. The minimum atomic E-state index is -0.565. The van der Waals surface area contributed by atoms with Crippen LogP contribution in [-0.4, -0.2) is 56.5 Å². The van der Waals surface area contributed by atoms with Gasteiger partial charge in [0.15, 0.2) is 0 Å². The largest absolute Gasteiger partial charge is 0.390 e. The molecule has 0 spiro atoms. The number of hydrogen-bond acceptors (Lipinski definition) is 4. The summed E-state index contributed by atoms with van der Waals surface area (Å²) >= 11 is 1.80. The van der Waals surface area contributed by atoms with Crippen LogP contribution in [0.1, 0.15) is 25.7 Å². The first kappa shape index (κ1) is 20.2. The molecule has 2 heterocycles. The van der Waals surface area contributed by atoms with Gasteiger partial charge in [0.05, 0.1) is 18.5 Å². The van der Waals surface area contributed by atoms with E-state index in [0.717, 1.165) is 36.0 Å². The number of aliphatic hydroxyl groups is 1. The highest BCUT2D eigenvalue weighted by Gasteiger charge is 2.27. The highest BCUT2D eigenvalue weighted by molar-refractivity contribution is 7.97. The van der Waals surface area contributed by atoms with Crippen LogP contribution in [0.4, 0.5) is 8.78 Å². The van der Waals surface area contributed by atoms with Crippen molar-refractivity contribution in [2.24, 2.45) is 0 Å². The number of halogens is 2. The lowest BCUT2D eigenvalue weighted by Crippen LogP contribution is -2.45. The molecule has 3 aromatic rings. The Labute approximate surface area is 179 Å². The molecule has 0 amide bonds. The van der Waals surface area contributed by atoms with Gasteiger partial charge in [-0.25, -0.2) is 13.1 Å². The van der Waals surface area contributed by atoms with Gasteiger partial charge in [-0.3, -0.25) is 4.90 Å². The van der Waals surface area contributed by atoms with E-state index in [1.54, 1.807) is 24.1 Å². The number of fused-ring (bicyclic) bond motifs is 3. The lowest BCUT2D eigenvalue weighted by molar-refractivity contribution is 0.121. The van der Waals surface area contributed by atoms with Gasteiger partial charge in [-0.05, 0) is 49.2 Å². The summed E-state index contributed by atoms with van der Waals surface area (Å²) in [6.07, 6.45) is 4.77. The highest BCUT2D eigenvalue weighted by atomic mass is 32.2. The molecule has 1 saturated heterocycles. The van der Waals surface area contributed by atoms with Gasteiger partial charge >= 0.3 is 0 Å². The normalized spacial score (nSPS) is 20.5. The molecule has 160 valence electrons. The predicted molar refractivity (Wildman–Crippen MR) is 118 cm³/mol. The second kappa shape index (κ2) is 8.46. The number of β-amino-alcohol motifs (C(OH)–C–C–N with tert-alkyl or cyclic N) is 1. The molecule has 1 aliphatic carbocycles. The minimum absolute atomic E-state index is 0.345. The number of aliphatic hydroxyl groups excluding tert-OH is 1. The third kappa shape index (κ3) is 3.96. The van der Waals surface area contributed by atoms with Crippen molar-refractivity contribution >= 4 is 33.8 Å².